The molecule has 0 atom stereocenters. The highest BCUT2D eigenvalue weighted by atomic mass is 19.1. The third-order valence-electron chi connectivity index (χ3n) is 2.21. The molecule has 0 saturated carbocycles. The molecule has 0 aliphatic carbocycles. The second-order valence-electron chi connectivity index (χ2n) is 3.22. The Kier molecular flexibility index (Phi) is 2.24. The zero-order chi connectivity index (χ0) is 11.0. The zero-order valence-corrected chi connectivity index (χ0v) is 8.01. The summed E-state index contributed by atoms with van der Waals surface area (Å²) in [5.41, 5.74) is 2.98. The molecule has 0 unspecified atom stereocenters. The van der Waals surface area contributed by atoms with Crippen LogP contribution in [-0.4, -0.2) is 4.98 Å². The number of nitrogens with two attached hydrogens (primary N) is 1. The van der Waals surface area contributed by atoms with Crippen LogP contribution in [0.5, 0.6) is 0 Å². The largest absolute Gasteiger partial charge is 0.308 e. The van der Waals surface area contributed by atoms with E-state index in [-0.39, 0.29) is 10.9 Å². The molecule has 0 fully saturated rings. The Hall–Kier alpha value is -1.75. The van der Waals surface area contributed by atoms with Crippen molar-refractivity contribution < 1.29 is 8.78 Å². The van der Waals surface area contributed by atoms with Crippen LogP contribution < -0.4 is 11.3 Å². The van der Waals surface area contributed by atoms with Crippen molar-refractivity contribution in [2.75, 3.05) is 5.43 Å². The van der Waals surface area contributed by atoms with Gasteiger partial charge in [0.1, 0.15) is 23.0 Å². The Morgan fingerprint density at radius 1 is 1.27 bits per heavy atom. The molecule has 0 amide bonds. The standard InChI is InChI=1S/C10H9F2N3/c1-5-4-6-7(11)2-3-8(12)9(6)14-10(5)15-13/h2-4H,13H2,1H3,(H,14,15). The van der Waals surface area contributed by atoms with Crippen molar-refractivity contribution in [3.05, 3.63) is 35.4 Å². The third kappa shape index (κ3) is 1.50. The molecule has 15 heavy (non-hydrogen) atoms. The molecular formula is C10H9F2N3. The molecule has 2 rings (SSSR count). The molecule has 2 aromatic rings. The molecule has 78 valence electrons. The lowest BCUT2D eigenvalue weighted by molar-refractivity contribution is 0.615. The van der Waals surface area contributed by atoms with Gasteiger partial charge in [-0.05, 0) is 30.7 Å². The summed E-state index contributed by atoms with van der Waals surface area (Å²) in [6.45, 7) is 1.71. The van der Waals surface area contributed by atoms with E-state index >= 15 is 0 Å². The topological polar surface area (TPSA) is 50.9 Å². The minimum Gasteiger partial charge on any atom is -0.308 e. The molecule has 3 N–H and O–H groups in total. The predicted molar refractivity (Wildman–Crippen MR) is 54.2 cm³/mol. The van der Waals surface area contributed by atoms with E-state index in [0.29, 0.717) is 11.4 Å². The van der Waals surface area contributed by atoms with Crippen LogP contribution in [0, 0.1) is 18.6 Å². The highest BCUT2D eigenvalue weighted by molar-refractivity contribution is 5.82. The number of fused-ring (bicyclic) bond motifs is 1. The number of nitrogens with zero attached hydrogens (tertiary/aromatic N) is 1. The van der Waals surface area contributed by atoms with E-state index in [4.69, 9.17) is 5.84 Å². The van der Waals surface area contributed by atoms with Gasteiger partial charge in [-0.1, -0.05) is 0 Å². The van der Waals surface area contributed by atoms with E-state index in [2.05, 4.69) is 10.4 Å². The fourth-order valence-electron chi connectivity index (χ4n) is 1.44. The van der Waals surface area contributed by atoms with Crippen LogP contribution in [0.1, 0.15) is 5.56 Å². The summed E-state index contributed by atoms with van der Waals surface area (Å²) in [5.74, 6) is 4.48. The maximum Gasteiger partial charge on any atom is 0.149 e. The average Bonchev–Trinajstić information content (AvgIpc) is 2.23. The van der Waals surface area contributed by atoms with Gasteiger partial charge in [0.15, 0.2) is 0 Å². The third-order valence-corrected chi connectivity index (χ3v) is 2.21. The minimum absolute atomic E-state index is 0.0199. The molecule has 1 heterocycles. The second-order valence-corrected chi connectivity index (χ2v) is 3.22. The van der Waals surface area contributed by atoms with Crippen LogP contribution in [0.3, 0.4) is 0 Å². The van der Waals surface area contributed by atoms with Crippen molar-refractivity contribution in [2.45, 2.75) is 6.92 Å². The quantitative estimate of drug-likeness (QED) is 0.558. The molecule has 3 nitrogen and oxygen atoms in total. The highest BCUT2D eigenvalue weighted by Gasteiger charge is 2.10. The van der Waals surface area contributed by atoms with Crippen molar-refractivity contribution in [1.82, 2.24) is 4.98 Å². The molecule has 5 heteroatoms. The molecule has 1 aromatic carbocycles. The molecule has 0 aliphatic rings. The van der Waals surface area contributed by atoms with Gasteiger partial charge in [-0.15, -0.1) is 0 Å². The van der Waals surface area contributed by atoms with Crippen LogP contribution in [0.4, 0.5) is 14.6 Å². The molecule has 0 spiro atoms. The van der Waals surface area contributed by atoms with Crippen LogP contribution in [0.2, 0.25) is 0 Å². The Labute approximate surface area is 84.9 Å². The molecule has 0 bridgehead atoms. The first-order valence-electron chi connectivity index (χ1n) is 4.35. The summed E-state index contributed by atoms with van der Waals surface area (Å²) < 4.78 is 26.6. The maximum atomic E-state index is 13.3. The monoisotopic (exact) mass is 209 g/mol. The lowest BCUT2D eigenvalue weighted by atomic mass is 10.1. The van der Waals surface area contributed by atoms with Crippen LogP contribution in [-0.2, 0) is 0 Å². The van der Waals surface area contributed by atoms with Gasteiger partial charge < -0.3 is 5.43 Å². The fraction of sp³-hybridized carbons (Fsp3) is 0.100. The smallest absolute Gasteiger partial charge is 0.149 e. The van der Waals surface area contributed by atoms with Gasteiger partial charge in [0.2, 0.25) is 0 Å². The molecule has 0 aliphatic heterocycles. The van der Waals surface area contributed by atoms with E-state index in [1.54, 1.807) is 6.92 Å². The number of aryl methyl sites for hydroxylation is 1. The number of benzene rings is 1. The van der Waals surface area contributed by atoms with Gasteiger partial charge in [0.05, 0.1) is 0 Å². The van der Waals surface area contributed by atoms with Crippen LogP contribution in [0.15, 0.2) is 18.2 Å². The summed E-state index contributed by atoms with van der Waals surface area (Å²) >= 11 is 0. The lowest BCUT2D eigenvalue weighted by Gasteiger charge is -2.07. The van der Waals surface area contributed by atoms with Crippen LogP contribution in [0.25, 0.3) is 10.9 Å². The Balaban J connectivity index is 2.86. The van der Waals surface area contributed by atoms with Gasteiger partial charge in [0.25, 0.3) is 0 Å². The first-order chi connectivity index (χ1) is 7.13. The summed E-state index contributed by atoms with van der Waals surface area (Å²) in [7, 11) is 0. The average molecular weight is 209 g/mol. The first kappa shape index (κ1) is 9.79. The van der Waals surface area contributed by atoms with Crippen LogP contribution >= 0.6 is 0 Å². The van der Waals surface area contributed by atoms with E-state index in [1.807, 2.05) is 0 Å². The molecule has 1 aromatic heterocycles. The van der Waals surface area contributed by atoms with Crippen molar-refractivity contribution in [3.8, 4) is 0 Å². The first-order valence-corrected chi connectivity index (χ1v) is 4.35. The number of anilines is 1. The number of nitrogen functional groups attached to an aromatic ring is 1. The number of hydrogen-bond acceptors (Lipinski definition) is 3. The van der Waals surface area contributed by atoms with Crippen molar-refractivity contribution in [2.24, 2.45) is 5.84 Å². The van der Waals surface area contributed by atoms with E-state index in [0.717, 1.165) is 12.1 Å². The normalized spacial score (nSPS) is 10.7. The van der Waals surface area contributed by atoms with Crippen molar-refractivity contribution >= 4 is 16.7 Å². The summed E-state index contributed by atoms with van der Waals surface area (Å²) in [5, 5.41) is 0.159. The zero-order valence-electron chi connectivity index (χ0n) is 8.01. The van der Waals surface area contributed by atoms with Crippen molar-refractivity contribution in [3.63, 3.8) is 0 Å². The summed E-state index contributed by atoms with van der Waals surface area (Å²) in [6, 6.07) is 3.63. The predicted octanol–water partition coefficient (Wildman–Crippen LogP) is 2.11. The number of halogens is 2. The minimum atomic E-state index is -0.567. The molecular weight excluding hydrogens is 200 g/mol. The molecule has 0 saturated heterocycles. The Bertz CT molecular complexity index is 526. The summed E-state index contributed by atoms with van der Waals surface area (Å²) in [6.07, 6.45) is 0. The van der Waals surface area contributed by atoms with Gasteiger partial charge >= 0.3 is 0 Å². The SMILES string of the molecule is Cc1cc2c(F)ccc(F)c2nc1NN. The maximum absolute atomic E-state index is 13.3. The van der Waals surface area contributed by atoms with Gasteiger partial charge in [-0.2, -0.15) is 0 Å². The number of aromatic nitrogens is 1. The van der Waals surface area contributed by atoms with Gasteiger partial charge in [-0.25, -0.2) is 19.6 Å². The number of nitrogens with one attached hydrogen (secondary N) is 1. The van der Waals surface area contributed by atoms with Gasteiger partial charge in [-0.3, -0.25) is 0 Å². The van der Waals surface area contributed by atoms with Gasteiger partial charge in [0, 0.05) is 5.39 Å². The van der Waals surface area contributed by atoms with E-state index < -0.39 is 11.6 Å². The lowest BCUT2D eigenvalue weighted by Crippen LogP contribution is -2.10. The van der Waals surface area contributed by atoms with E-state index in [9.17, 15) is 8.78 Å². The fourth-order valence-corrected chi connectivity index (χ4v) is 1.44. The second kappa shape index (κ2) is 3.43. The number of hydrogen-bond donors (Lipinski definition) is 2. The number of rotatable bonds is 1. The Morgan fingerprint density at radius 2 is 1.93 bits per heavy atom. The molecule has 0 radical (unpaired) electrons. The van der Waals surface area contributed by atoms with E-state index in [1.165, 1.54) is 6.07 Å². The number of pyridine rings is 1. The summed E-state index contributed by atoms with van der Waals surface area (Å²) in [4.78, 5) is 3.90. The van der Waals surface area contributed by atoms with Crippen molar-refractivity contribution in [1.29, 1.82) is 0 Å². The number of hydrazine groups is 1. The Morgan fingerprint density at radius 3 is 2.60 bits per heavy atom. The highest BCUT2D eigenvalue weighted by Crippen LogP contribution is 2.23.